The first kappa shape index (κ1) is 18.5. The highest BCUT2D eigenvalue weighted by Gasteiger charge is 2.11. The van der Waals surface area contributed by atoms with E-state index in [2.05, 4.69) is 15.6 Å². The lowest BCUT2D eigenvalue weighted by molar-refractivity contribution is 0.0951. The average molecular weight is 372 g/mol. The minimum atomic E-state index is -0.561. The number of ether oxygens (including phenoxy) is 2. The number of guanidine groups is 1. The van der Waals surface area contributed by atoms with Crippen LogP contribution in [0, 0.1) is 5.82 Å². The van der Waals surface area contributed by atoms with Gasteiger partial charge in [-0.15, -0.1) is 0 Å². The monoisotopic (exact) mass is 372 g/mol. The van der Waals surface area contributed by atoms with E-state index in [4.69, 9.17) is 15.2 Å². The fourth-order valence-corrected chi connectivity index (χ4v) is 2.51. The van der Waals surface area contributed by atoms with Crippen molar-refractivity contribution in [3.8, 4) is 11.5 Å². The van der Waals surface area contributed by atoms with Crippen LogP contribution in [0.4, 0.5) is 10.1 Å². The highest BCUT2D eigenvalue weighted by molar-refractivity contribution is 5.94. The number of halogens is 1. The summed E-state index contributed by atoms with van der Waals surface area (Å²) in [5, 5.41) is 5.56. The Morgan fingerprint density at radius 3 is 2.74 bits per heavy atom. The number of hydrogen-bond acceptors (Lipinski definition) is 4. The van der Waals surface area contributed by atoms with Gasteiger partial charge in [-0.05, 0) is 24.3 Å². The van der Waals surface area contributed by atoms with Gasteiger partial charge in [-0.3, -0.25) is 9.79 Å². The number of nitrogens with two attached hydrogens (primary N) is 1. The van der Waals surface area contributed by atoms with Crippen LogP contribution in [-0.4, -0.2) is 38.2 Å². The Morgan fingerprint density at radius 1 is 1.15 bits per heavy atom. The molecule has 0 unspecified atom stereocenters. The van der Waals surface area contributed by atoms with E-state index in [0.29, 0.717) is 24.7 Å². The number of aliphatic imine (C=N–C) groups is 1. The molecule has 1 aliphatic heterocycles. The van der Waals surface area contributed by atoms with Crippen LogP contribution < -0.4 is 25.8 Å². The molecule has 2 aromatic carbocycles. The summed E-state index contributed by atoms with van der Waals surface area (Å²) in [6.07, 6.45) is 0.833. The van der Waals surface area contributed by atoms with Crippen molar-refractivity contribution < 1.29 is 18.7 Å². The molecule has 142 valence electrons. The van der Waals surface area contributed by atoms with Crippen LogP contribution in [0.25, 0.3) is 0 Å². The minimum absolute atomic E-state index is 0.000210. The second-order valence-corrected chi connectivity index (χ2v) is 5.84. The molecule has 0 saturated heterocycles. The van der Waals surface area contributed by atoms with Gasteiger partial charge in [0.2, 0.25) is 0 Å². The van der Waals surface area contributed by atoms with E-state index in [9.17, 15) is 9.18 Å². The summed E-state index contributed by atoms with van der Waals surface area (Å²) in [7, 11) is 0. The highest BCUT2D eigenvalue weighted by Crippen LogP contribution is 2.32. The Bertz CT molecular complexity index is 841. The zero-order chi connectivity index (χ0) is 19.1. The number of benzene rings is 2. The zero-order valence-corrected chi connectivity index (χ0v) is 14.7. The van der Waals surface area contributed by atoms with Gasteiger partial charge in [0, 0.05) is 24.7 Å². The van der Waals surface area contributed by atoms with Crippen molar-refractivity contribution in [2.24, 2.45) is 10.7 Å². The largest absolute Gasteiger partial charge is 0.490 e. The van der Waals surface area contributed by atoms with Crippen LogP contribution in [-0.2, 0) is 0 Å². The Balaban J connectivity index is 1.49. The van der Waals surface area contributed by atoms with Gasteiger partial charge in [0.25, 0.3) is 5.91 Å². The molecule has 3 rings (SSSR count). The molecule has 8 heteroatoms. The van der Waals surface area contributed by atoms with Gasteiger partial charge < -0.3 is 25.8 Å². The van der Waals surface area contributed by atoms with E-state index in [1.807, 2.05) is 12.1 Å². The Morgan fingerprint density at radius 2 is 1.93 bits per heavy atom. The molecule has 2 aromatic rings. The van der Waals surface area contributed by atoms with Gasteiger partial charge in [0.05, 0.1) is 25.3 Å². The first-order valence-corrected chi connectivity index (χ1v) is 8.63. The van der Waals surface area contributed by atoms with Crippen LogP contribution in [0.2, 0.25) is 0 Å². The molecule has 0 aliphatic carbocycles. The third-order valence-electron chi connectivity index (χ3n) is 3.82. The first-order valence-electron chi connectivity index (χ1n) is 8.63. The van der Waals surface area contributed by atoms with E-state index in [0.717, 1.165) is 12.1 Å². The molecule has 0 atom stereocenters. The molecule has 7 nitrogen and oxygen atoms in total. The average Bonchev–Trinajstić information content (AvgIpc) is 2.90. The predicted molar refractivity (Wildman–Crippen MR) is 101 cm³/mol. The molecule has 0 aromatic heterocycles. The summed E-state index contributed by atoms with van der Waals surface area (Å²) in [6, 6.07) is 11.2. The smallest absolute Gasteiger partial charge is 0.254 e. The molecule has 1 heterocycles. The molecule has 0 spiro atoms. The second-order valence-electron chi connectivity index (χ2n) is 5.84. The third-order valence-corrected chi connectivity index (χ3v) is 3.82. The van der Waals surface area contributed by atoms with Crippen LogP contribution in [0.15, 0.2) is 47.5 Å². The Labute approximate surface area is 156 Å². The summed E-state index contributed by atoms with van der Waals surface area (Å²) < 4.78 is 24.7. The van der Waals surface area contributed by atoms with Gasteiger partial charge in [-0.1, -0.05) is 12.1 Å². The molecular weight excluding hydrogens is 351 g/mol. The molecule has 1 amide bonds. The summed E-state index contributed by atoms with van der Waals surface area (Å²) in [4.78, 5) is 16.0. The first-order chi connectivity index (χ1) is 13.1. The lowest BCUT2D eigenvalue weighted by Crippen LogP contribution is -2.29. The molecule has 4 N–H and O–H groups in total. The fourth-order valence-electron chi connectivity index (χ4n) is 2.51. The molecule has 0 saturated carbocycles. The van der Waals surface area contributed by atoms with Gasteiger partial charge in [0.15, 0.2) is 17.5 Å². The number of carbonyl (C=O) groups is 1. The number of nitrogens with zero attached hydrogens (tertiary/aromatic N) is 1. The van der Waals surface area contributed by atoms with Crippen molar-refractivity contribution in [2.75, 3.05) is 31.6 Å². The topological polar surface area (TPSA) is 98.0 Å². The quantitative estimate of drug-likeness (QED) is 0.424. The number of rotatable bonds is 5. The van der Waals surface area contributed by atoms with Crippen molar-refractivity contribution >= 4 is 17.6 Å². The second kappa shape index (κ2) is 8.88. The zero-order valence-electron chi connectivity index (χ0n) is 14.7. The highest BCUT2D eigenvalue weighted by atomic mass is 19.1. The number of carbonyl (C=O) groups excluding carboxylic acids is 1. The summed E-state index contributed by atoms with van der Waals surface area (Å²) in [6.45, 7) is 1.71. The molecular formula is C19H21FN4O3. The van der Waals surface area contributed by atoms with Crippen molar-refractivity contribution in [1.29, 1.82) is 0 Å². The van der Waals surface area contributed by atoms with E-state index >= 15 is 0 Å². The van der Waals surface area contributed by atoms with Crippen LogP contribution in [0.3, 0.4) is 0 Å². The Kier molecular flexibility index (Phi) is 6.09. The summed E-state index contributed by atoms with van der Waals surface area (Å²) in [5.74, 6) is 0.503. The summed E-state index contributed by atoms with van der Waals surface area (Å²) >= 11 is 0. The van der Waals surface area contributed by atoms with Crippen LogP contribution in [0.5, 0.6) is 11.5 Å². The van der Waals surface area contributed by atoms with Crippen molar-refractivity contribution in [3.63, 3.8) is 0 Å². The maximum absolute atomic E-state index is 13.5. The van der Waals surface area contributed by atoms with E-state index in [1.165, 1.54) is 18.2 Å². The lowest BCUT2D eigenvalue weighted by atomic mass is 10.2. The number of amides is 1. The van der Waals surface area contributed by atoms with Gasteiger partial charge in [-0.2, -0.15) is 0 Å². The lowest BCUT2D eigenvalue weighted by Gasteiger charge is -2.11. The minimum Gasteiger partial charge on any atom is -0.490 e. The number of anilines is 1. The van der Waals surface area contributed by atoms with Crippen molar-refractivity contribution in [1.82, 2.24) is 5.32 Å². The van der Waals surface area contributed by atoms with Gasteiger partial charge in [-0.25, -0.2) is 4.39 Å². The number of hydrogen-bond donors (Lipinski definition) is 3. The van der Waals surface area contributed by atoms with Crippen LogP contribution >= 0.6 is 0 Å². The molecule has 1 aliphatic rings. The summed E-state index contributed by atoms with van der Waals surface area (Å²) in [5.41, 5.74) is 6.58. The van der Waals surface area contributed by atoms with E-state index in [1.54, 1.807) is 12.1 Å². The van der Waals surface area contributed by atoms with E-state index in [-0.39, 0.29) is 24.6 Å². The van der Waals surface area contributed by atoms with Gasteiger partial charge in [0.1, 0.15) is 5.82 Å². The molecule has 0 bridgehead atoms. The molecule has 27 heavy (non-hydrogen) atoms. The maximum atomic E-state index is 13.5. The van der Waals surface area contributed by atoms with E-state index < -0.39 is 11.7 Å². The third kappa shape index (κ3) is 5.10. The Hall–Kier alpha value is -3.29. The molecule has 0 fully saturated rings. The fraction of sp³-hybridized carbons (Fsp3) is 0.263. The SMILES string of the molecule is NC(=NCCNC(=O)c1ccccc1F)Nc1ccc2c(c1)OCCCO2. The van der Waals surface area contributed by atoms with Crippen molar-refractivity contribution in [3.05, 3.63) is 53.8 Å². The van der Waals surface area contributed by atoms with Gasteiger partial charge >= 0.3 is 0 Å². The number of fused-ring (bicyclic) bond motifs is 1. The normalized spacial score (nSPS) is 13.6. The standard InChI is InChI=1S/C19H21FN4O3/c20-15-5-2-1-4-14(15)18(25)22-8-9-23-19(21)24-13-6-7-16-17(12-13)27-11-3-10-26-16/h1-2,4-7,12H,3,8-11H2,(H,22,25)(H3,21,23,24). The van der Waals surface area contributed by atoms with Crippen molar-refractivity contribution in [2.45, 2.75) is 6.42 Å². The predicted octanol–water partition coefficient (Wildman–Crippen LogP) is 2.14. The maximum Gasteiger partial charge on any atom is 0.254 e. The van der Waals surface area contributed by atoms with Crippen LogP contribution in [0.1, 0.15) is 16.8 Å². The number of nitrogens with one attached hydrogen (secondary N) is 2. The molecule has 0 radical (unpaired) electrons.